The van der Waals surface area contributed by atoms with Crippen LogP contribution >= 0.6 is 11.3 Å². The van der Waals surface area contributed by atoms with Crippen LogP contribution in [-0.2, 0) is 10.0 Å². The van der Waals surface area contributed by atoms with E-state index in [4.69, 9.17) is 0 Å². The largest absolute Gasteiger partial charge is 0.344 e. The first kappa shape index (κ1) is 17.7. The smallest absolute Gasteiger partial charge is 0.251 e. The Balaban J connectivity index is 2.17. The van der Waals surface area contributed by atoms with Gasteiger partial charge in [0.05, 0.1) is 10.9 Å². The minimum absolute atomic E-state index is 0.0665. The van der Waals surface area contributed by atoms with Gasteiger partial charge in [-0.1, -0.05) is 19.9 Å². The van der Waals surface area contributed by atoms with E-state index in [2.05, 4.69) is 10.0 Å². The zero-order valence-corrected chi connectivity index (χ0v) is 14.9. The molecule has 0 aliphatic rings. The number of rotatable bonds is 6. The van der Waals surface area contributed by atoms with Gasteiger partial charge in [-0.3, -0.25) is 4.79 Å². The first-order valence-corrected chi connectivity index (χ1v) is 9.59. The van der Waals surface area contributed by atoms with Gasteiger partial charge < -0.3 is 5.32 Å². The molecule has 0 aliphatic heterocycles. The maximum Gasteiger partial charge on any atom is 0.251 e. The monoisotopic (exact) mass is 352 g/mol. The van der Waals surface area contributed by atoms with Crippen LogP contribution < -0.4 is 10.0 Å². The Morgan fingerprint density at radius 2 is 1.78 bits per heavy atom. The van der Waals surface area contributed by atoms with Crippen molar-refractivity contribution in [3.63, 3.8) is 0 Å². The number of thiophene rings is 1. The number of sulfonamides is 1. The summed E-state index contributed by atoms with van der Waals surface area (Å²) in [6, 6.07) is 9.78. The summed E-state index contributed by atoms with van der Waals surface area (Å²) in [6.45, 7) is 4.10. The summed E-state index contributed by atoms with van der Waals surface area (Å²) in [4.78, 5) is 13.6. The molecule has 0 bridgehead atoms. The Bertz CT molecular complexity index is 751. The molecule has 0 spiro atoms. The van der Waals surface area contributed by atoms with Gasteiger partial charge in [-0.05, 0) is 48.7 Å². The van der Waals surface area contributed by atoms with Gasteiger partial charge in [0, 0.05) is 10.4 Å². The van der Waals surface area contributed by atoms with Crippen LogP contribution in [0.5, 0.6) is 0 Å². The molecule has 0 saturated heterocycles. The summed E-state index contributed by atoms with van der Waals surface area (Å²) in [7, 11) is -2.14. The molecule has 0 aliphatic carbocycles. The lowest BCUT2D eigenvalue weighted by molar-refractivity contribution is 0.0926. The van der Waals surface area contributed by atoms with Crippen LogP contribution in [0.2, 0.25) is 0 Å². The molecule has 2 aromatic rings. The van der Waals surface area contributed by atoms with Crippen molar-refractivity contribution >= 4 is 27.3 Å². The van der Waals surface area contributed by atoms with E-state index in [-0.39, 0.29) is 22.8 Å². The summed E-state index contributed by atoms with van der Waals surface area (Å²) in [6.07, 6.45) is 0. The van der Waals surface area contributed by atoms with Gasteiger partial charge in [0.1, 0.15) is 0 Å². The number of hydrogen-bond acceptors (Lipinski definition) is 4. The van der Waals surface area contributed by atoms with E-state index in [1.54, 1.807) is 11.3 Å². The van der Waals surface area contributed by atoms with Crippen LogP contribution in [-0.4, -0.2) is 21.4 Å². The Hall–Kier alpha value is -1.70. The molecule has 124 valence electrons. The topological polar surface area (TPSA) is 75.3 Å². The van der Waals surface area contributed by atoms with Crippen LogP contribution in [0.1, 0.15) is 35.1 Å². The van der Waals surface area contributed by atoms with Crippen molar-refractivity contribution in [1.29, 1.82) is 0 Å². The fourth-order valence-electron chi connectivity index (χ4n) is 2.16. The second-order valence-electron chi connectivity index (χ2n) is 5.44. The molecule has 0 radical (unpaired) electrons. The van der Waals surface area contributed by atoms with Crippen molar-refractivity contribution in [2.24, 2.45) is 5.92 Å². The predicted octanol–water partition coefficient (Wildman–Crippen LogP) is 2.78. The normalized spacial score (nSPS) is 13.0. The van der Waals surface area contributed by atoms with Gasteiger partial charge in [0.15, 0.2) is 0 Å². The second kappa shape index (κ2) is 7.25. The lowest BCUT2D eigenvalue weighted by Gasteiger charge is -2.21. The van der Waals surface area contributed by atoms with E-state index in [9.17, 15) is 13.2 Å². The second-order valence-corrected chi connectivity index (χ2v) is 8.31. The van der Waals surface area contributed by atoms with E-state index >= 15 is 0 Å². The molecular weight excluding hydrogens is 332 g/mol. The Labute approximate surface area is 140 Å². The van der Waals surface area contributed by atoms with Gasteiger partial charge in [0.25, 0.3) is 5.91 Å². The SMILES string of the molecule is CNS(=O)(=O)c1ccc(C(=O)NC(c2cccs2)C(C)C)cc1. The van der Waals surface area contributed by atoms with Crippen molar-refractivity contribution in [3.8, 4) is 0 Å². The van der Waals surface area contributed by atoms with Crippen LogP contribution in [0.3, 0.4) is 0 Å². The van der Waals surface area contributed by atoms with Gasteiger partial charge in [-0.25, -0.2) is 13.1 Å². The van der Waals surface area contributed by atoms with Crippen LogP contribution in [0.15, 0.2) is 46.7 Å². The van der Waals surface area contributed by atoms with Gasteiger partial charge >= 0.3 is 0 Å². The summed E-state index contributed by atoms with van der Waals surface area (Å²) >= 11 is 1.60. The van der Waals surface area contributed by atoms with Gasteiger partial charge in [-0.2, -0.15) is 0 Å². The zero-order chi connectivity index (χ0) is 17.0. The highest BCUT2D eigenvalue weighted by atomic mass is 32.2. The molecule has 23 heavy (non-hydrogen) atoms. The minimum Gasteiger partial charge on any atom is -0.344 e. The fraction of sp³-hybridized carbons (Fsp3) is 0.312. The zero-order valence-electron chi connectivity index (χ0n) is 13.2. The number of carbonyl (C=O) groups is 1. The number of benzene rings is 1. The molecule has 1 amide bonds. The predicted molar refractivity (Wildman–Crippen MR) is 92.1 cm³/mol. The molecule has 0 fully saturated rings. The number of carbonyl (C=O) groups excluding carboxylic acids is 1. The molecule has 7 heteroatoms. The van der Waals surface area contributed by atoms with Crippen molar-refractivity contribution in [3.05, 3.63) is 52.2 Å². The third-order valence-corrected chi connectivity index (χ3v) is 5.88. The quantitative estimate of drug-likeness (QED) is 0.839. The number of nitrogens with one attached hydrogen (secondary N) is 2. The summed E-state index contributed by atoms with van der Waals surface area (Å²) in [5, 5.41) is 4.99. The maximum absolute atomic E-state index is 12.4. The number of hydrogen-bond donors (Lipinski definition) is 2. The lowest BCUT2D eigenvalue weighted by Crippen LogP contribution is -2.31. The van der Waals surface area contributed by atoms with Crippen LogP contribution in [0, 0.1) is 5.92 Å². The van der Waals surface area contributed by atoms with Crippen molar-refractivity contribution < 1.29 is 13.2 Å². The fourth-order valence-corrected chi connectivity index (χ4v) is 3.84. The van der Waals surface area contributed by atoms with E-state index in [0.29, 0.717) is 5.56 Å². The molecule has 0 saturated carbocycles. The third-order valence-electron chi connectivity index (χ3n) is 3.50. The van der Waals surface area contributed by atoms with Gasteiger partial charge in [0.2, 0.25) is 10.0 Å². The molecular formula is C16H20N2O3S2. The number of amides is 1. The van der Waals surface area contributed by atoms with Crippen molar-refractivity contribution in [2.45, 2.75) is 24.8 Å². The lowest BCUT2D eigenvalue weighted by atomic mass is 10.0. The highest BCUT2D eigenvalue weighted by molar-refractivity contribution is 7.89. The van der Waals surface area contributed by atoms with Crippen molar-refractivity contribution in [2.75, 3.05) is 7.05 Å². The third kappa shape index (κ3) is 4.19. The van der Waals surface area contributed by atoms with E-state index in [0.717, 1.165) is 4.88 Å². The average molecular weight is 352 g/mol. The molecule has 1 aromatic heterocycles. The molecule has 5 nitrogen and oxygen atoms in total. The van der Waals surface area contributed by atoms with Gasteiger partial charge in [-0.15, -0.1) is 11.3 Å². The van der Waals surface area contributed by atoms with E-state index in [1.165, 1.54) is 31.3 Å². The van der Waals surface area contributed by atoms with Crippen LogP contribution in [0.25, 0.3) is 0 Å². The molecule has 2 rings (SSSR count). The van der Waals surface area contributed by atoms with E-state index < -0.39 is 10.0 Å². The molecule has 1 unspecified atom stereocenters. The first-order valence-electron chi connectivity index (χ1n) is 7.23. The Morgan fingerprint density at radius 1 is 1.13 bits per heavy atom. The first-order chi connectivity index (χ1) is 10.8. The van der Waals surface area contributed by atoms with Crippen LogP contribution in [0.4, 0.5) is 0 Å². The average Bonchev–Trinajstić information content (AvgIpc) is 3.06. The summed E-state index contributed by atoms with van der Waals surface area (Å²) in [5.41, 5.74) is 0.433. The standard InChI is InChI=1S/C16H20N2O3S2/c1-11(2)15(14-5-4-10-22-14)18-16(19)12-6-8-13(9-7-12)23(20,21)17-3/h4-11,15,17H,1-3H3,(H,18,19). The summed E-state index contributed by atoms with van der Waals surface area (Å²) in [5.74, 6) is 0.0343. The Morgan fingerprint density at radius 3 is 2.26 bits per heavy atom. The Kier molecular flexibility index (Phi) is 5.56. The molecule has 2 N–H and O–H groups in total. The van der Waals surface area contributed by atoms with Crippen molar-refractivity contribution in [1.82, 2.24) is 10.0 Å². The van der Waals surface area contributed by atoms with E-state index in [1.807, 2.05) is 31.4 Å². The minimum atomic E-state index is -3.49. The summed E-state index contributed by atoms with van der Waals surface area (Å²) < 4.78 is 25.6. The highest BCUT2D eigenvalue weighted by Gasteiger charge is 2.20. The molecule has 1 aromatic carbocycles. The molecule has 1 atom stereocenters. The molecule has 1 heterocycles. The maximum atomic E-state index is 12.4. The highest BCUT2D eigenvalue weighted by Crippen LogP contribution is 2.26.